The Morgan fingerprint density at radius 1 is 1.44 bits per heavy atom. The number of hydrogen-bond donors (Lipinski definition) is 1. The first kappa shape index (κ1) is 12.4. The Bertz CT molecular complexity index is 344. The van der Waals surface area contributed by atoms with Crippen molar-refractivity contribution in [3.8, 4) is 0 Å². The third kappa shape index (κ3) is 3.49. The van der Waals surface area contributed by atoms with E-state index in [9.17, 15) is 4.39 Å². The van der Waals surface area contributed by atoms with Crippen molar-refractivity contribution in [1.29, 1.82) is 0 Å². The van der Waals surface area contributed by atoms with Gasteiger partial charge < -0.3 is 10.6 Å². The van der Waals surface area contributed by atoms with Crippen LogP contribution in [0.15, 0.2) is 23.3 Å². The van der Waals surface area contributed by atoms with Crippen LogP contribution < -0.4 is 5.73 Å². The van der Waals surface area contributed by atoms with Crippen molar-refractivity contribution in [2.75, 3.05) is 13.1 Å². The Morgan fingerprint density at radius 2 is 2.12 bits per heavy atom. The van der Waals surface area contributed by atoms with Crippen LogP contribution in [0.25, 0.3) is 0 Å². The zero-order chi connectivity index (χ0) is 12.0. The molecule has 88 valence electrons. The van der Waals surface area contributed by atoms with Gasteiger partial charge in [0.05, 0.1) is 18.4 Å². The van der Waals surface area contributed by atoms with E-state index in [0.717, 1.165) is 13.1 Å². The van der Waals surface area contributed by atoms with Crippen LogP contribution in [0.2, 0.25) is 0 Å². The van der Waals surface area contributed by atoms with Crippen LogP contribution in [0.3, 0.4) is 0 Å². The summed E-state index contributed by atoms with van der Waals surface area (Å²) < 4.78 is 12.6. The number of halogens is 1. The molecule has 0 aliphatic rings. The molecule has 0 aromatic carbocycles. The third-order valence-electron chi connectivity index (χ3n) is 2.28. The summed E-state index contributed by atoms with van der Waals surface area (Å²) in [4.78, 5) is 10.1. The highest BCUT2D eigenvalue weighted by molar-refractivity contribution is 5.77. The fourth-order valence-electron chi connectivity index (χ4n) is 1.31. The van der Waals surface area contributed by atoms with Crippen molar-refractivity contribution in [2.45, 2.75) is 20.4 Å². The molecule has 4 nitrogen and oxygen atoms in total. The molecule has 1 heterocycles. The van der Waals surface area contributed by atoms with Crippen LogP contribution in [0.1, 0.15) is 19.5 Å². The first-order valence-corrected chi connectivity index (χ1v) is 5.32. The number of nitrogens with two attached hydrogens (primary N) is 1. The topological polar surface area (TPSA) is 54.5 Å². The summed E-state index contributed by atoms with van der Waals surface area (Å²) in [6, 6.07) is 2.97. The van der Waals surface area contributed by atoms with E-state index >= 15 is 0 Å². The van der Waals surface area contributed by atoms with Crippen molar-refractivity contribution in [2.24, 2.45) is 10.7 Å². The summed E-state index contributed by atoms with van der Waals surface area (Å²) >= 11 is 0. The van der Waals surface area contributed by atoms with Crippen LogP contribution in [0.4, 0.5) is 4.39 Å². The van der Waals surface area contributed by atoms with Crippen molar-refractivity contribution in [3.05, 3.63) is 29.8 Å². The van der Waals surface area contributed by atoms with Crippen LogP contribution in [-0.4, -0.2) is 28.9 Å². The summed E-state index contributed by atoms with van der Waals surface area (Å²) in [5, 5.41) is 0. The van der Waals surface area contributed by atoms with E-state index < -0.39 is 0 Å². The highest BCUT2D eigenvalue weighted by Gasteiger charge is 2.01. The molecule has 0 saturated carbocycles. The van der Waals surface area contributed by atoms with Gasteiger partial charge >= 0.3 is 0 Å². The van der Waals surface area contributed by atoms with Gasteiger partial charge in [0.25, 0.3) is 0 Å². The average Bonchev–Trinajstić information content (AvgIpc) is 2.30. The van der Waals surface area contributed by atoms with E-state index in [0.29, 0.717) is 18.2 Å². The summed E-state index contributed by atoms with van der Waals surface area (Å²) in [6.45, 7) is 6.05. The average molecular weight is 224 g/mol. The molecule has 16 heavy (non-hydrogen) atoms. The Labute approximate surface area is 95.0 Å². The number of guanidine groups is 1. The molecule has 0 bridgehead atoms. The SMILES string of the molecule is CCN(CC)C(N)=NCc1ccc(F)cn1. The minimum absolute atomic E-state index is 0.343. The maximum atomic E-state index is 12.6. The second-order valence-electron chi connectivity index (χ2n) is 3.31. The van der Waals surface area contributed by atoms with E-state index in [1.807, 2.05) is 18.7 Å². The molecule has 1 aromatic heterocycles. The van der Waals surface area contributed by atoms with E-state index in [1.54, 1.807) is 6.07 Å². The first-order chi connectivity index (χ1) is 7.67. The molecule has 0 saturated heterocycles. The van der Waals surface area contributed by atoms with Gasteiger partial charge in [0.2, 0.25) is 0 Å². The number of hydrogen-bond acceptors (Lipinski definition) is 2. The predicted molar refractivity (Wildman–Crippen MR) is 62.4 cm³/mol. The summed E-state index contributed by atoms with van der Waals surface area (Å²) in [5.41, 5.74) is 6.50. The molecule has 0 atom stereocenters. The Kier molecular flexibility index (Phi) is 4.69. The number of pyridine rings is 1. The van der Waals surface area contributed by atoms with E-state index in [2.05, 4.69) is 9.98 Å². The normalized spacial score (nSPS) is 11.6. The highest BCUT2D eigenvalue weighted by Crippen LogP contribution is 2.00. The Balaban J connectivity index is 2.61. The van der Waals surface area contributed by atoms with Gasteiger partial charge in [-0.05, 0) is 26.0 Å². The quantitative estimate of drug-likeness (QED) is 0.621. The summed E-state index contributed by atoms with van der Waals surface area (Å²) in [5.74, 6) is 0.153. The molecule has 0 spiro atoms. The Hall–Kier alpha value is -1.65. The fourth-order valence-corrected chi connectivity index (χ4v) is 1.31. The number of aliphatic imine (C=N–C) groups is 1. The lowest BCUT2D eigenvalue weighted by Crippen LogP contribution is -2.37. The van der Waals surface area contributed by atoms with Crippen LogP contribution in [-0.2, 0) is 6.54 Å². The zero-order valence-corrected chi connectivity index (χ0v) is 9.65. The monoisotopic (exact) mass is 224 g/mol. The molecular weight excluding hydrogens is 207 g/mol. The largest absolute Gasteiger partial charge is 0.370 e. The smallest absolute Gasteiger partial charge is 0.191 e. The van der Waals surface area contributed by atoms with Gasteiger partial charge in [-0.3, -0.25) is 4.98 Å². The molecule has 0 radical (unpaired) electrons. The van der Waals surface area contributed by atoms with Gasteiger partial charge in [-0.25, -0.2) is 9.38 Å². The van der Waals surface area contributed by atoms with Gasteiger partial charge in [0.1, 0.15) is 5.82 Å². The van der Waals surface area contributed by atoms with Gasteiger partial charge in [0.15, 0.2) is 5.96 Å². The first-order valence-electron chi connectivity index (χ1n) is 5.32. The van der Waals surface area contributed by atoms with Crippen LogP contribution in [0, 0.1) is 5.82 Å². The van der Waals surface area contributed by atoms with E-state index in [-0.39, 0.29) is 5.82 Å². The fraction of sp³-hybridized carbons (Fsp3) is 0.455. The number of aromatic nitrogens is 1. The minimum Gasteiger partial charge on any atom is -0.370 e. The van der Waals surface area contributed by atoms with Crippen molar-refractivity contribution >= 4 is 5.96 Å². The van der Waals surface area contributed by atoms with Crippen molar-refractivity contribution in [1.82, 2.24) is 9.88 Å². The van der Waals surface area contributed by atoms with Gasteiger partial charge in [-0.1, -0.05) is 0 Å². The third-order valence-corrected chi connectivity index (χ3v) is 2.28. The number of nitrogens with zero attached hydrogens (tertiary/aromatic N) is 3. The molecule has 0 fully saturated rings. The molecule has 1 aromatic rings. The highest BCUT2D eigenvalue weighted by atomic mass is 19.1. The van der Waals surface area contributed by atoms with Crippen molar-refractivity contribution < 1.29 is 4.39 Å². The molecule has 5 heteroatoms. The van der Waals surface area contributed by atoms with E-state index in [4.69, 9.17) is 5.73 Å². The van der Waals surface area contributed by atoms with Gasteiger partial charge in [-0.2, -0.15) is 0 Å². The molecule has 0 amide bonds. The standard InChI is InChI=1S/C11H17FN4/c1-3-16(4-2)11(13)15-8-10-6-5-9(12)7-14-10/h5-7H,3-4,8H2,1-2H3,(H2,13,15). The van der Waals surface area contributed by atoms with E-state index in [1.165, 1.54) is 12.3 Å². The van der Waals surface area contributed by atoms with Crippen LogP contribution >= 0.6 is 0 Å². The minimum atomic E-state index is -0.343. The lowest BCUT2D eigenvalue weighted by atomic mass is 10.3. The van der Waals surface area contributed by atoms with Crippen LogP contribution in [0.5, 0.6) is 0 Å². The lowest BCUT2D eigenvalue weighted by molar-refractivity contribution is 0.458. The molecular formula is C11H17FN4. The van der Waals surface area contributed by atoms with Gasteiger partial charge in [-0.15, -0.1) is 0 Å². The Morgan fingerprint density at radius 3 is 2.62 bits per heavy atom. The van der Waals surface area contributed by atoms with Gasteiger partial charge in [0, 0.05) is 13.1 Å². The molecule has 1 rings (SSSR count). The maximum absolute atomic E-state index is 12.6. The predicted octanol–water partition coefficient (Wildman–Crippen LogP) is 1.38. The molecule has 2 N–H and O–H groups in total. The van der Waals surface area contributed by atoms with Crippen molar-refractivity contribution in [3.63, 3.8) is 0 Å². The summed E-state index contributed by atoms with van der Waals surface area (Å²) in [7, 11) is 0. The maximum Gasteiger partial charge on any atom is 0.191 e. The molecule has 0 aliphatic heterocycles. The molecule has 0 aliphatic carbocycles. The number of rotatable bonds is 4. The molecule has 0 unspecified atom stereocenters. The lowest BCUT2D eigenvalue weighted by Gasteiger charge is -2.19. The summed E-state index contributed by atoms with van der Waals surface area (Å²) in [6.07, 6.45) is 1.18. The second-order valence-corrected chi connectivity index (χ2v) is 3.31. The zero-order valence-electron chi connectivity index (χ0n) is 9.65. The second kappa shape index (κ2) is 6.05.